The summed E-state index contributed by atoms with van der Waals surface area (Å²) in [4.78, 5) is 0. The normalized spacial score (nSPS) is 13.2. The number of rotatable bonds is 1. The molecule has 0 aliphatic heterocycles. The molecule has 1 aromatic carbocycles. The number of halogens is 5. The second-order valence-electron chi connectivity index (χ2n) is 3.00. The summed E-state index contributed by atoms with van der Waals surface area (Å²) in [6.45, 7) is 1.58. The number of hydrogen-bond acceptors (Lipinski definition) is 1. The molecule has 0 amide bonds. The zero-order valence-corrected chi connectivity index (χ0v) is 9.38. The van der Waals surface area contributed by atoms with Gasteiger partial charge in [0.05, 0.1) is 10.6 Å². The van der Waals surface area contributed by atoms with Crippen LogP contribution in [0.15, 0.2) is 18.2 Å². The van der Waals surface area contributed by atoms with Crippen molar-refractivity contribution in [1.82, 2.24) is 0 Å². The Morgan fingerprint density at radius 2 is 1.87 bits per heavy atom. The van der Waals surface area contributed by atoms with Crippen molar-refractivity contribution in [3.8, 4) is 0 Å². The second kappa shape index (κ2) is 5.05. The second-order valence-corrected chi connectivity index (χ2v) is 3.37. The molecule has 6 heteroatoms. The molecule has 1 atom stereocenters. The summed E-state index contributed by atoms with van der Waals surface area (Å²) in [5.74, 6) is 0. The molecule has 86 valence electrons. The molecule has 0 aliphatic carbocycles. The van der Waals surface area contributed by atoms with Crippen molar-refractivity contribution in [3.05, 3.63) is 34.3 Å². The quantitative estimate of drug-likeness (QED) is 0.816. The lowest BCUT2D eigenvalue weighted by atomic mass is 10.1. The first-order valence-electron chi connectivity index (χ1n) is 3.95. The van der Waals surface area contributed by atoms with Crippen molar-refractivity contribution in [2.75, 3.05) is 0 Å². The van der Waals surface area contributed by atoms with E-state index in [1.54, 1.807) is 6.92 Å². The van der Waals surface area contributed by atoms with E-state index in [0.29, 0.717) is 5.56 Å². The van der Waals surface area contributed by atoms with Gasteiger partial charge in [-0.1, -0.05) is 23.7 Å². The summed E-state index contributed by atoms with van der Waals surface area (Å²) in [7, 11) is 0. The van der Waals surface area contributed by atoms with Gasteiger partial charge in [0.25, 0.3) is 0 Å². The fraction of sp³-hybridized carbons (Fsp3) is 0.333. The van der Waals surface area contributed by atoms with E-state index >= 15 is 0 Å². The highest BCUT2D eigenvalue weighted by Crippen LogP contribution is 2.37. The number of alkyl halides is 3. The summed E-state index contributed by atoms with van der Waals surface area (Å²) in [6, 6.07) is 3.22. The molecule has 1 unspecified atom stereocenters. The van der Waals surface area contributed by atoms with Crippen molar-refractivity contribution in [2.45, 2.75) is 19.1 Å². The van der Waals surface area contributed by atoms with Gasteiger partial charge >= 0.3 is 6.18 Å². The Bertz CT molecular complexity index is 337. The predicted octanol–water partition coefficient (Wildman–Crippen LogP) is 3.80. The van der Waals surface area contributed by atoms with Gasteiger partial charge in [-0.3, -0.25) is 0 Å². The largest absolute Gasteiger partial charge is 0.417 e. The minimum Gasteiger partial charge on any atom is -0.324 e. The summed E-state index contributed by atoms with van der Waals surface area (Å²) in [5, 5.41) is -0.310. The van der Waals surface area contributed by atoms with Crippen molar-refractivity contribution >= 4 is 24.0 Å². The molecule has 15 heavy (non-hydrogen) atoms. The van der Waals surface area contributed by atoms with Gasteiger partial charge in [0.1, 0.15) is 0 Å². The first kappa shape index (κ1) is 14.5. The molecule has 1 aromatic rings. The molecular weight excluding hydrogens is 250 g/mol. The minimum atomic E-state index is -4.43. The van der Waals surface area contributed by atoms with Crippen LogP contribution in [-0.2, 0) is 6.18 Å². The summed E-state index contributed by atoms with van der Waals surface area (Å²) in [5.41, 5.74) is 4.94. The van der Waals surface area contributed by atoms with Gasteiger partial charge in [0, 0.05) is 6.04 Å². The smallest absolute Gasteiger partial charge is 0.324 e. The minimum absolute atomic E-state index is 0. The molecule has 0 bridgehead atoms. The van der Waals surface area contributed by atoms with E-state index in [0.717, 1.165) is 6.07 Å². The molecule has 0 aliphatic rings. The molecule has 0 fully saturated rings. The lowest BCUT2D eigenvalue weighted by Gasteiger charge is -2.14. The maximum absolute atomic E-state index is 12.4. The highest BCUT2D eigenvalue weighted by Gasteiger charge is 2.33. The van der Waals surface area contributed by atoms with Gasteiger partial charge < -0.3 is 5.73 Å². The lowest BCUT2D eigenvalue weighted by molar-refractivity contribution is -0.137. The first-order chi connectivity index (χ1) is 6.34. The van der Waals surface area contributed by atoms with Crippen LogP contribution in [0.3, 0.4) is 0 Å². The molecular formula is C9H10Cl2F3N. The SMILES string of the molecule is CC(N)c1cccc(C(F)(F)F)c1Cl.Cl. The molecule has 0 radical (unpaired) electrons. The zero-order chi connectivity index (χ0) is 10.9. The van der Waals surface area contributed by atoms with E-state index in [2.05, 4.69) is 0 Å². The lowest BCUT2D eigenvalue weighted by Crippen LogP contribution is -2.11. The van der Waals surface area contributed by atoms with Crippen LogP contribution in [-0.4, -0.2) is 0 Å². The molecule has 0 aromatic heterocycles. The van der Waals surface area contributed by atoms with Crippen LogP contribution in [0.5, 0.6) is 0 Å². The molecule has 0 heterocycles. The van der Waals surface area contributed by atoms with Gasteiger partial charge in [-0.15, -0.1) is 12.4 Å². The Balaban J connectivity index is 0.00000196. The Labute approximate surface area is 96.8 Å². The third-order valence-corrected chi connectivity index (χ3v) is 2.25. The van der Waals surface area contributed by atoms with Gasteiger partial charge in [-0.05, 0) is 18.6 Å². The summed E-state index contributed by atoms with van der Waals surface area (Å²) < 4.78 is 37.1. The number of benzene rings is 1. The standard InChI is InChI=1S/C9H9ClF3N.ClH/c1-5(14)6-3-2-4-7(8(6)10)9(11,12)13;/h2-5H,14H2,1H3;1H. The maximum Gasteiger partial charge on any atom is 0.417 e. The van der Waals surface area contributed by atoms with Crippen LogP contribution in [0.25, 0.3) is 0 Å². The average Bonchev–Trinajstić information content (AvgIpc) is 2.01. The fourth-order valence-electron chi connectivity index (χ4n) is 1.12. The Kier molecular flexibility index (Phi) is 4.90. The maximum atomic E-state index is 12.4. The zero-order valence-electron chi connectivity index (χ0n) is 7.81. The van der Waals surface area contributed by atoms with E-state index in [-0.39, 0.29) is 17.4 Å². The van der Waals surface area contributed by atoms with Gasteiger partial charge in [-0.2, -0.15) is 13.2 Å². The predicted molar refractivity (Wildman–Crippen MR) is 56.3 cm³/mol. The van der Waals surface area contributed by atoms with Crippen LogP contribution >= 0.6 is 24.0 Å². The third-order valence-electron chi connectivity index (χ3n) is 1.82. The van der Waals surface area contributed by atoms with E-state index in [9.17, 15) is 13.2 Å². The molecule has 1 nitrogen and oxygen atoms in total. The highest BCUT2D eigenvalue weighted by molar-refractivity contribution is 6.32. The van der Waals surface area contributed by atoms with Crippen molar-refractivity contribution < 1.29 is 13.2 Å². The van der Waals surface area contributed by atoms with Crippen LogP contribution in [0.1, 0.15) is 24.1 Å². The molecule has 0 spiro atoms. The van der Waals surface area contributed by atoms with Crippen molar-refractivity contribution in [1.29, 1.82) is 0 Å². The first-order valence-corrected chi connectivity index (χ1v) is 4.33. The van der Waals surface area contributed by atoms with E-state index in [1.165, 1.54) is 12.1 Å². The average molecular weight is 260 g/mol. The van der Waals surface area contributed by atoms with Crippen molar-refractivity contribution in [2.24, 2.45) is 5.73 Å². The van der Waals surface area contributed by atoms with Gasteiger partial charge in [0.2, 0.25) is 0 Å². The Morgan fingerprint density at radius 1 is 1.33 bits per heavy atom. The van der Waals surface area contributed by atoms with E-state index < -0.39 is 17.8 Å². The summed E-state index contributed by atoms with van der Waals surface area (Å²) >= 11 is 5.59. The van der Waals surface area contributed by atoms with Crippen LogP contribution in [0, 0.1) is 0 Å². The van der Waals surface area contributed by atoms with Gasteiger partial charge in [0.15, 0.2) is 0 Å². The topological polar surface area (TPSA) is 26.0 Å². The summed E-state index contributed by atoms with van der Waals surface area (Å²) in [6.07, 6.45) is -4.43. The third kappa shape index (κ3) is 3.26. The van der Waals surface area contributed by atoms with Gasteiger partial charge in [-0.25, -0.2) is 0 Å². The number of nitrogens with two attached hydrogens (primary N) is 1. The van der Waals surface area contributed by atoms with Crippen LogP contribution < -0.4 is 5.73 Å². The Morgan fingerprint density at radius 3 is 2.27 bits per heavy atom. The highest BCUT2D eigenvalue weighted by atomic mass is 35.5. The molecule has 2 N–H and O–H groups in total. The van der Waals surface area contributed by atoms with Crippen LogP contribution in [0.4, 0.5) is 13.2 Å². The van der Waals surface area contributed by atoms with E-state index in [1.807, 2.05) is 0 Å². The molecule has 1 rings (SSSR count). The van der Waals surface area contributed by atoms with E-state index in [4.69, 9.17) is 17.3 Å². The monoisotopic (exact) mass is 259 g/mol. The fourth-order valence-corrected chi connectivity index (χ4v) is 1.53. The number of hydrogen-bond donors (Lipinski definition) is 1. The van der Waals surface area contributed by atoms with Crippen LogP contribution in [0.2, 0.25) is 5.02 Å². The van der Waals surface area contributed by atoms with Crippen molar-refractivity contribution in [3.63, 3.8) is 0 Å². The Hall–Kier alpha value is -0.450. The molecule has 0 saturated carbocycles. The molecule has 0 saturated heterocycles.